The highest BCUT2D eigenvalue weighted by Gasteiger charge is 2.48. The lowest BCUT2D eigenvalue weighted by atomic mass is 9.63. The van der Waals surface area contributed by atoms with Gasteiger partial charge in [0.1, 0.15) is 0 Å². The highest BCUT2D eigenvalue weighted by atomic mass is 35.5. The number of fused-ring (bicyclic) bond motifs is 1. The van der Waals surface area contributed by atoms with Gasteiger partial charge in [-0.3, -0.25) is 4.98 Å². The van der Waals surface area contributed by atoms with Gasteiger partial charge in [-0.1, -0.05) is 48.7 Å². The number of benzene rings is 1. The van der Waals surface area contributed by atoms with Crippen LogP contribution in [0.25, 0.3) is 11.1 Å². The van der Waals surface area contributed by atoms with E-state index in [-0.39, 0.29) is 0 Å². The quantitative estimate of drug-likeness (QED) is 0.734. The molecule has 0 spiro atoms. The number of pyridine rings is 1. The number of aromatic nitrogens is 1. The van der Waals surface area contributed by atoms with Gasteiger partial charge >= 0.3 is 0 Å². The van der Waals surface area contributed by atoms with Crippen LogP contribution in [0.4, 0.5) is 0 Å². The largest absolute Gasteiger partial charge is 0.306 e. The molecule has 4 aliphatic carbocycles. The van der Waals surface area contributed by atoms with Crippen molar-refractivity contribution in [2.24, 2.45) is 17.8 Å². The van der Waals surface area contributed by atoms with E-state index in [9.17, 15) is 0 Å². The van der Waals surface area contributed by atoms with Crippen LogP contribution >= 0.6 is 11.6 Å². The lowest BCUT2D eigenvalue weighted by Gasteiger charge is -2.49. The third kappa shape index (κ3) is 3.18. The number of halogens is 1. The van der Waals surface area contributed by atoms with E-state index in [2.05, 4.69) is 23.5 Å². The number of nitrogens with zero attached hydrogens (tertiary/aromatic N) is 1. The van der Waals surface area contributed by atoms with Gasteiger partial charge in [0.2, 0.25) is 0 Å². The lowest BCUT2D eigenvalue weighted by Crippen LogP contribution is -2.53. The first-order valence-corrected chi connectivity index (χ1v) is 10.5. The molecule has 4 bridgehead atoms. The molecule has 4 fully saturated rings. The first kappa shape index (κ1) is 16.8. The molecule has 2 aromatic rings. The van der Waals surface area contributed by atoms with Gasteiger partial charge in [-0.15, -0.1) is 0 Å². The summed E-state index contributed by atoms with van der Waals surface area (Å²) in [6.45, 7) is 0.884. The Morgan fingerprint density at radius 2 is 1.69 bits per heavy atom. The molecule has 2 atom stereocenters. The smallest absolute Gasteiger partial charge is 0.0542 e. The molecule has 0 radical (unpaired) electrons. The predicted octanol–water partition coefficient (Wildman–Crippen LogP) is 5.85. The van der Waals surface area contributed by atoms with Crippen molar-refractivity contribution in [3.05, 3.63) is 53.3 Å². The Bertz CT molecular complexity index is 769. The average Bonchev–Trinajstić information content (AvgIpc) is 2.86. The monoisotopic (exact) mass is 366 g/mol. The number of hydrogen-bond donors (Lipinski definition) is 1. The van der Waals surface area contributed by atoms with Crippen LogP contribution in [0.3, 0.4) is 0 Å². The van der Waals surface area contributed by atoms with Crippen molar-refractivity contribution in [2.45, 2.75) is 57.0 Å². The van der Waals surface area contributed by atoms with Crippen molar-refractivity contribution in [1.29, 1.82) is 0 Å². The molecule has 4 saturated carbocycles. The van der Waals surface area contributed by atoms with Crippen LogP contribution in [0.15, 0.2) is 42.6 Å². The van der Waals surface area contributed by atoms with Gasteiger partial charge in [-0.05, 0) is 62.0 Å². The topological polar surface area (TPSA) is 24.9 Å². The molecule has 4 aliphatic rings. The van der Waals surface area contributed by atoms with Crippen molar-refractivity contribution in [1.82, 2.24) is 10.3 Å². The molecule has 6 rings (SSSR count). The first-order chi connectivity index (χ1) is 12.7. The summed E-state index contributed by atoms with van der Waals surface area (Å²) >= 11 is 6.31. The molecular formula is C23H27ClN2. The van der Waals surface area contributed by atoms with E-state index < -0.39 is 0 Å². The molecule has 1 aromatic heterocycles. The molecule has 2 unspecified atom stereocenters. The maximum atomic E-state index is 6.31. The molecule has 136 valence electrons. The molecule has 0 saturated heterocycles. The molecule has 0 aliphatic heterocycles. The summed E-state index contributed by atoms with van der Waals surface area (Å²) in [4.78, 5) is 4.72. The van der Waals surface area contributed by atoms with E-state index >= 15 is 0 Å². The number of rotatable bonds is 4. The van der Waals surface area contributed by atoms with Crippen LogP contribution in [0, 0.1) is 17.8 Å². The van der Waals surface area contributed by atoms with E-state index in [1.54, 1.807) is 0 Å². The van der Waals surface area contributed by atoms with Crippen molar-refractivity contribution in [3.63, 3.8) is 0 Å². The van der Waals surface area contributed by atoms with Gasteiger partial charge in [-0.2, -0.15) is 0 Å². The summed E-state index contributed by atoms with van der Waals surface area (Å²) in [7, 11) is 0. The molecule has 1 N–H and O–H groups in total. The fourth-order valence-electron chi connectivity index (χ4n) is 6.07. The van der Waals surface area contributed by atoms with Crippen molar-refractivity contribution < 1.29 is 0 Å². The summed E-state index contributed by atoms with van der Waals surface area (Å²) in [5, 5.41) is 4.75. The minimum Gasteiger partial charge on any atom is -0.306 e. The van der Waals surface area contributed by atoms with Crippen molar-refractivity contribution in [2.75, 3.05) is 0 Å². The second-order valence-corrected chi connectivity index (χ2v) is 9.32. The fraction of sp³-hybridized carbons (Fsp3) is 0.522. The zero-order chi connectivity index (χ0) is 17.6. The maximum absolute atomic E-state index is 6.31. The highest BCUT2D eigenvalue weighted by Crippen LogP contribution is 2.53. The van der Waals surface area contributed by atoms with E-state index in [0.717, 1.165) is 46.1 Å². The summed E-state index contributed by atoms with van der Waals surface area (Å²) in [5.74, 6) is 2.90. The Balaban J connectivity index is 1.29. The van der Waals surface area contributed by atoms with Gasteiger partial charge in [0.25, 0.3) is 0 Å². The predicted molar refractivity (Wildman–Crippen MR) is 107 cm³/mol. The third-order valence-electron chi connectivity index (χ3n) is 7.01. The van der Waals surface area contributed by atoms with E-state index in [1.807, 2.05) is 24.4 Å². The average molecular weight is 367 g/mol. The number of hydrogen-bond acceptors (Lipinski definition) is 2. The number of nitrogens with one attached hydrogen (secondary N) is 1. The second kappa shape index (κ2) is 6.65. The van der Waals surface area contributed by atoms with Gasteiger partial charge in [0.15, 0.2) is 0 Å². The lowest BCUT2D eigenvalue weighted by molar-refractivity contribution is 0.0716. The molecule has 2 nitrogen and oxygen atoms in total. The maximum Gasteiger partial charge on any atom is 0.0542 e. The summed E-state index contributed by atoms with van der Waals surface area (Å²) in [6, 6.07) is 12.3. The van der Waals surface area contributed by atoms with Gasteiger partial charge in [0.05, 0.1) is 5.69 Å². The fourth-order valence-corrected chi connectivity index (χ4v) is 6.31. The molecule has 0 amide bonds. The Labute approximate surface area is 161 Å². The van der Waals surface area contributed by atoms with Crippen LogP contribution in [0.2, 0.25) is 5.02 Å². The van der Waals surface area contributed by atoms with Crippen LogP contribution < -0.4 is 5.32 Å². The first-order valence-electron chi connectivity index (χ1n) is 10.1. The molecule has 3 heteroatoms. The Morgan fingerprint density at radius 1 is 0.962 bits per heavy atom. The summed E-state index contributed by atoms with van der Waals surface area (Å²) < 4.78 is 0. The molecule has 1 aromatic carbocycles. The summed E-state index contributed by atoms with van der Waals surface area (Å²) in [6.07, 6.45) is 12.0. The molecular weight excluding hydrogens is 340 g/mol. The molecule has 1 heterocycles. The van der Waals surface area contributed by atoms with E-state index in [0.29, 0.717) is 5.54 Å². The third-order valence-corrected chi connectivity index (χ3v) is 7.34. The van der Waals surface area contributed by atoms with Gasteiger partial charge in [-0.25, -0.2) is 0 Å². The van der Waals surface area contributed by atoms with Crippen molar-refractivity contribution in [3.8, 4) is 11.1 Å². The summed E-state index contributed by atoms with van der Waals surface area (Å²) in [5.41, 5.74) is 3.66. The molecule has 26 heavy (non-hydrogen) atoms. The van der Waals surface area contributed by atoms with E-state index in [1.165, 1.54) is 44.9 Å². The van der Waals surface area contributed by atoms with Crippen molar-refractivity contribution >= 4 is 11.6 Å². The van der Waals surface area contributed by atoms with Crippen LogP contribution in [0.5, 0.6) is 0 Å². The standard InChI is InChI=1S/C23H27ClN2/c24-22-4-2-1-3-21(22)19-7-8-20(25-14-19)15-26-23-11-16-5-6-17(12-23)10-18(9-16)13-23/h1-4,7-8,14,16-18,26H,5-6,9-13,15H2. The Kier molecular flexibility index (Phi) is 4.29. The van der Waals surface area contributed by atoms with Gasteiger partial charge in [0, 0.05) is 34.4 Å². The van der Waals surface area contributed by atoms with Crippen LogP contribution in [-0.2, 0) is 6.54 Å². The Morgan fingerprint density at radius 3 is 2.38 bits per heavy atom. The minimum atomic E-state index is 0.385. The minimum absolute atomic E-state index is 0.385. The van der Waals surface area contributed by atoms with Crippen LogP contribution in [-0.4, -0.2) is 10.5 Å². The van der Waals surface area contributed by atoms with E-state index in [4.69, 9.17) is 16.6 Å². The normalized spacial score (nSPS) is 32.6. The van der Waals surface area contributed by atoms with Gasteiger partial charge < -0.3 is 5.32 Å². The zero-order valence-corrected chi connectivity index (χ0v) is 16.0. The SMILES string of the molecule is Clc1ccccc1-c1ccc(CNC23CC4CCC(CC(C4)C2)C3)nc1. The van der Waals surface area contributed by atoms with Crippen LogP contribution in [0.1, 0.15) is 50.6 Å². The second-order valence-electron chi connectivity index (χ2n) is 8.91. The zero-order valence-electron chi connectivity index (χ0n) is 15.3. The Hall–Kier alpha value is -1.38. The highest BCUT2D eigenvalue weighted by molar-refractivity contribution is 6.33.